The molecule has 0 spiro atoms. The highest BCUT2D eigenvalue weighted by atomic mass is 19.4. The maximum absolute atomic E-state index is 14.0. The molecule has 0 aromatic heterocycles. The number of para-hydroxylation sites is 2. The van der Waals surface area contributed by atoms with Gasteiger partial charge in [0.25, 0.3) is 0 Å². The number of benzene rings is 2. The van der Waals surface area contributed by atoms with Crippen LogP contribution in [0.15, 0.2) is 42.5 Å². The standard InChI is InChI=1S/C21H23F4N2O2/c1-19(2,15-11-14(22)7-8-18(15)28)12-20(29,21(23,24)25)13-27-10-9-26-16-5-3-4-6-17(16)27/h3-8,11,28-29H,9-10,12-13H2,1-2H3. The van der Waals surface area contributed by atoms with Crippen LogP contribution in [0.3, 0.4) is 0 Å². The number of hydrogen-bond acceptors (Lipinski definition) is 3. The van der Waals surface area contributed by atoms with Crippen LogP contribution < -0.4 is 10.2 Å². The van der Waals surface area contributed by atoms with Crippen molar-refractivity contribution in [2.75, 3.05) is 24.5 Å². The van der Waals surface area contributed by atoms with E-state index in [2.05, 4.69) is 5.32 Å². The lowest BCUT2D eigenvalue weighted by molar-refractivity contribution is -0.262. The lowest BCUT2D eigenvalue weighted by Crippen LogP contribution is -2.57. The molecule has 1 atom stereocenters. The van der Waals surface area contributed by atoms with Crippen molar-refractivity contribution in [1.29, 1.82) is 0 Å². The Labute approximate surface area is 166 Å². The summed E-state index contributed by atoms with van der Waals surface area (Å²) in [5.74, 6) is -0.990. The number of phenolic OH excluding ortho intramolecular Hbond substituents is 1. The Morgan fingerprint density at radius 2 is 1.79 bits per heavy atom. The van der Waals surface area contributed by atoms with Crippen LogP contribution in [0.1, 0.15) is 25.8 Å². The summed E-state index contributed by atoms with van der Waals surface area (Å²) in [7, 11) is 0. The van der Waals surface area contributed by atoms with Gasteiger partial charge in [-0.1, -0.05) is 26.0 Å². The van der Waals surface area contributed by atoms with E-state index in [1.807, 2.05) is 0 Å². The van der Waals surface area contributed by atoms with Gasteiger partial charge in [-0.25, -0.2) is 4.39 Å². The number of nitrogens with zero attached hydrogens (tertiary/aromatic N) is 2. The smallest absolute Gasteiger partial charge is 0.418 e. The fraction of sp³-hybridized carbons (Fsp3) is 0.429. The van der Waals surface area contributed by atoms with Crippen molar-refractivity contribution in [2.45, 2.75) is 37.5 Å². The minimum atomic E-state index is -4.93. The van der Waals surface area contributed by atoms with Gasteiger partial charge in [-0.2, -0.15) is 13.2 Å². The number of anilines is 1. The largest absolute Gasteiger partial charge is 0.508 e. The molecule has 0 amide bonds. The van der Waals surface area contributed by atoms with Gasteiger partial charge in [-0.05, 0) is 42.2 Å². The van der Waals surface area contributed by atoms with E-state index in [1.165, 1.54) is 18.7 Å². The fourth-order valence-electron chi connectivity index (χ4n) is 3.88. The van der Waals surface area contributed by atoms with E-state index >= 15 is 0 Å². The van der Waals surface area contributed by atoms with Gasteiger partial charge >= 0.3 is 6.18 Å². The monoisotopic (exact) mass is 411 g/mol. The Morgan fingerprint density at radius 3 is 2.48 bits per heavy atom. The van der Waals surface area contributed by atoms with Crippen molar-refractivity contribution in [3.8, 4) is 5.75 Å². The summed E-state index contributed by atoms with van der Waals surface area (Å²) < 4.78 is 55.7. The molecule has 4 nitrogen and oxygen atoms in total. The molecule has 1 unspecified atom stereocenters. The Balaban J connectivity index is 1.95. The summed E-state index contributed by atoms with van der Waals surface area (Å²) in [5.41, 5.74) is -3.33. The molecule has 0 saturated heterocycles. The van der Waals surface area contributed by atoms with Crippen LogP contribution in [-0.4, -0.2) is 41.6 Å². The number of halogens is 4. The van der Waals surface area contributed by atoms with E-state index in [9.17, 15) is 27.8 Å². The van der Waals surface area contributed by atoms with Crippen LogP contribution in [0.25, 0.3) is 0 Å². The third-order valence-corrected chi connectivity index (χ3v) is 5.28. The number of aliphatic hydroxyl groups is 1. The molecule has 1 heterocycles. The average Bonchev–Trinajstić information content (AvgIpc) is 2.62. The molecule has 0 bridgehead atoms. The van der Waals surface area contributed by atoms with Crippen LogP contribution in [0.4, 0.5) is 28.9 Å². The number of phenols is 1. The van der Waals surface area contributed by atoms with Gasteiger partial charge < -0.3 is 15.1 Å². The number of aromatic hydroxyl groups is 1. The second-order valence-electron chi connectivity index (χ2n) is 8.04. The van der Waals surface area contributed by atoms with Crippen LogP contribution in [0.2, 0.25) is 0 Å². The predicted molar refractivity (Wildman–Crippen MR) is 102 cm³/mol. The van der Waals surface area contributed by atoms with E-state index in [-0.39, 0.29) is 17.9 Å². The summed E-state index contributed by atoms with van der Waals surface area (Å²) in [6.07, 6.45) is -5.69. The molecular formula is C21H23F4N2O2. The Morgan fingerprint density at radius 1 is 1.10 bits per heavy atom. The van der Waals surface area contributed by atoms with Gasteiger partial charge in [-0.3, -0.25) is 5.32 Å². The molecule has 0 fully saturated rings. The first-order chi connectivity index (χ1) is 13.4. The summed E-state index contributed by atoms with van der Waals surface area (Å²) in [5, 5.41) is 25.2. The minimum absolute atomic E-state index is 0.00854. The molecule has 0 saturated carbocycles. The van der Waals surface area contributed by atoms with Crippen molar-refractivity contribution in [1.82, 2.24) is 5.32 Å². The lowest BCUT2D eigenvalue weighted by Gasteiger charge is -2.42. The fourth-order valence-corrected chi connectivity index (χ4v) is 3.88. The summed E-state index contributed by atoms with van der Waals surface area (Å²) in [6.45, 7) is 2.75. The van der Waals surface area contributed by atoms with Crippen molar-refractivity contribution < 1.29 is 27.8 Å². The van der Waals surface area contributed by atoms with E-state index in [4.69, 9.17) is 0 Å². The van der Waals surface area contributed by atoms with E-state index in [0.717, 1.165) is 18.2 Å². The summed E-state index contributed by atoms with van der Waals surface area (Å²) in [6, 6.07) is 9.95. The zero-order valence-corrected chi connectivity index (χ0v) is 16.2. The first-order valence-electron chi connectivity index (χ1n) is 9.23. The highest BCUT2D eigenvalue weighted by molar-refractivity contribution is 5.68. The Bertz CT molecular complexity index is 885. The highest BCUT2D eigenvalue weighted by Gasteiger charge is 2.57. The van der Waals surface area contributed by atoms with Crippen LogP contribution in [-0.2, 0) is 5.41 Å². The number of fused-ring (bicyclic) bond motifs is 1. The summed E-state index contributed by atoms with van der Waals surface area (Å²) >= 11 is 0. The number of β-amino-alcohol motifs (C(OH)–C–C–N with tert-alkyl or cyclic N) is 1. The van der Waals surface area contributed by atoms with Crippen molar-refractivity contribution in [3.05, 3.63) is 53.8 Å². The van der Waals surface area contributed by atoms with Crippen molar-refractivity contribution in [2.24, 2.45) is 0 Å². The molecule has 1 radical (unpaired) electrons. The van der Waals surface area contributed by atoms with Gasteiger partial charge in [0.15, 0.2) is 5.60 Å². The molecular weight excluding hydrogens is 388 g/mol. The average molecular weight is 411 g/mol. The third-order valence-electron chi connectivity index (χ3n) is 5.28. The number of hydrogen-bond donors (Lipinski definition) is 2. The zero-order valence-electron chi connectivity index (χ0n) is 16.2. The zero-order chi connectivity index (χ0) is 21.4. The first kappa shape index (κ1) is 21.2. The van der Waals surface area contributed by atoms with E-state index < -0.39 is 36.0 Å². The molecule has 0 aliphatic carbocycles. The van der Waals surface area contributed by atoms with Crippen molar-refractivity contribution in [3.63, 3.8) is 0 Å². The molecule has 2 aromatic carbocycles. The van der Waals surface area contributed by atoms with Gasteiger partial charge in [0, 0.05) is 12.1 Å². The molecule has 8 heteroatoms. The second-order valence-corrected chi connectivity index (χ2v) is 8.04. The third kappa shape index (κ3) is 4.27. The Hall–Kier alpha value is -2.48. The first-order valence-corrected chi connectivity index (χ1v) is 9.23. The predicted octanol–water partition coefficient (Wildman–Crippen LogP) is 4.25. The lowest BCUT2D eigenvalue weighted by atomic mass is 9.74. The molecule has 1 aliphatic heterocycles. The van der Waals surface area contributed by atoms with Crippen molar-refractivity contribution >= 4 is 11.4 Å². The van der Waals surface area contributed by atoms with E-state index in [0.29, 0.717) is 17.9 Å². The van der Waals surface area contributed by atoms with E-state index in [1.54, 1.807) is 24.3 Å². The van der Waals surface area contributed by atoms with Crippen LogP contribution in [0, 0.1) is 5.82 Å². The Kier molecular flexibility index (Phi) is 5.42. The molecule has 1 aliphatic rings. The topological polar surface area (TPSA) is 57.8 Å². The maximum atomic E-state index is 14.0. The normalized spacial score (nSPS) is 16.7. The van der Waals surface area contributed by atoms with Gasteiger partial charge in [0.2, 0.25) is 0 Å². The molecule has 3 rings (SSSR count). The quantitative estimate of drug-likeness (QED) is 0.724. The minimum Gasteiger partial charge on any atom is -0.508 e. The molecule has 2 N–H and O–H groups in total. The highest BCUT2D eigenvalue weighted by Crippen LogP contribution is 2.44. The van der Waals surface area contributed by atoms with Gasteiger partial charge in [0.1, 0.15) is 11.6 Å². The molecule has 157 valence electrons. The number of rotatable bonds is 5. The van der Waals surface area contributed by atoms with Crippen LogP contribution in [0.5, 0.6) is 5.75 Å². The molecule has 2 aromatic rings. The SMILES string of the molecule is CC(C)(CC(O)(CN1CC[N]c2ccccc21)C(F)(F)F)c1cc(F)ccc1O. The maximum Gasteiger partial charge on any atom is 0.418 e. The van der Waals surface area contributed by atoms with Crippen LogP contribution >= 0.6 is 0 Å². The van der Waals surface area contributed by atoms with Gasteiger partial charge in [0.05, 0.1) is 24.5 Å². The summed E-state index contributed by atoms with van der Waals surface area (Å²) in [4.78, 5) is 1.47. The molecule has 29 heavy (non-hydrogen) atoms. The second kappa shape index (κ2) is 7.40. The van der Waals surface area contributed by atoms with Gasteiger partial charge in [-0.15, -0.1) is 0 Å². The number of alkyl halides is 3.